The lowest BCUT2D eigenvalue weighted by atomic mass is 10.1. The summed E-state index contributed by atoms with van der Waals surface area (Å²) in [6.07, 6.45) is 3.21. The molecule has 4 rings (SSSR count). The number of anilines is 3. The molecule has 2 N–H and O–H groups in total. The maximum atomic E-state index is 11.8. The molecule has 1 aliphatic heterocycles. The van der Waals surface area contributed by atoms with Gasteiger partial charge in [0.2, 0.25) is 6.79 Å². The number of hydrogen-bond donors (Lipinski definition) is 2. The van der Waals surface area contributed by atoms with Gasteiger partial charge >= 0.3 is 0 Å². The van der Waals surface area contributed by atoms with Crippen molar-refractivity contribution in [2.75, 3.05) is 17.4 Å². The topological polar surface area (TPSA) is 89.6 Å². The highest BCUT2D eigenvalue weighted by Gasteiger charge is 2.21. The lowest BCUT2D eigenvalue weighted by Gasteiger charge is -2.15. The van der Waals surface area contributed by atoms with E-state index >= 15 is 0 Å². The van der Waals surface area contributed by atoms with Gasteiger partial charge in [-0.25, -0.2) is 0 Å². The molecule has 0 amide bonds. The molecule has 2 aromatic carbocycles. The Morgan fingerprint density at radius 1 is 0.958 bits per heavy atom. The molecule has 24 heavy (non-hydrogen) atoms. The van der Waals surface area contributed by atoms with Crippen LogP contribution in [0.5, 0.6) is 11.5 Å². The zero-order valence-electron chi connectivity index (χ0n) is 12.5. The highest BCUT2D eigenvalue weighted by atomic mass is 16.7. The van der Waals surface area contributed by atoms with Crippen LogP contribution in [0.2, 0.25) is 0 Å². The molecule has 0 radical (unpaired) electrons. The molecule has 3 aromatic rings. The number of hydrogen-bond acceptors (Lipinski definition) is 7. The zero-order chi connectivity index (χ0) is 16.5. The predicted molar refractivity (Wildman–Crippen MR) is 88.8 cm³/mol. The van der Waals surface area contributed by atoms with E-state index in [1.807, 2.05) is 18.2 Å². The number of ether oxygens (including phenoxy) is 2. The van der Waals surface area contributed by atoms with Crippen LogP contribution in [0.1, 0.15) is 5.56 Å². The van der Waals surface area contributed by atoms with Crippen LogP contribution >= 0.6 is 0 Å². The van der Waals surface area contributed by atoms with Crippen molar-refractivity contribution in [2.45, 2.75) is 6.54 Å². The van der Waals surface area contributed by atoms with Gasteiger partial charge in [-0.1, -0.05) is 6.07 Å². The van der Waals surface area contributed by atoms with Gasteiger partial charge in [0.25, 0.3) is 10.9 Å². The van der Waals surface area contributed by atoms with Crippen molar-refractivity contribution in [1.29, 1.82) is 0 Å². The molecule has 7 nitrogen and oxygen atoms in total. The molecular weight excluding hydrogens is 310 g/mol. The zero-order valence-corrected chi connectivity index (χ0v) is 12.5. The molecule has 7 heteroatoms. The molecule has 1 aliphatic rings. The number of aromatic nitrogens is 1. The molecule has 2 heterocycles. The Kier molecular flexibility index (Phi) is 3.38. The molecule has 0 unspecified atom stereocenters. The third-order valence-corrected chi connectivity index (χ3v) is 3.77. The van der Waals surface area contributed by atoms with Gasteiger partial charge in [-0.3, -0.25) is 14.6 Å². The Labute approximate surface area is 136 Å². The molecular formula is C17H13N3O4. The Hall–Kier alpha value is -3.35. The standard InChI is InChI=1S/C17H13N3O4/c21-16-14(15(17(16)22)20-11-3-5-18-6-4-11)19-8-10-1-2-12-13(7-10)24-9-23-12/h1-7,19H,8-9H2,(H,18,20). The summed E-state index contributed by atoms with van der Waals surface area (Å²) in [6, 6.07) is 8.98. The average Bonchev–Trinajstić information content (AvgIpc) is 3.09. The van der Waals surface area contributed by atoms with E-state index in [0.717, 1.165) is 5.56 Å². The van der Waals surface area contributed by atoms with Crippen molar-refractivity contribution in [1.82, 2.24) is 4.98 Å². The largest absolute Gasteiger partial charge is 0.454 e. The van der Waals surface area contributed by atoms with E-state index in [1.54, 1.807) is 24.5 Å². The van der Waals surface area contributed by atoms with Crippen LogP contribution in [-0.2, 0) is 6.54 Å². The van der Waals surface area contributed by atoms with Crippen molar-refractivity contribution in [3.63, 3.8) is 0 Å². The van der Waals surface area contributed by atoms with Gasteiger partial charge in [-0.15, -0.1) is 0 Å². The summed E-state index contributed by atoms with van der Waals surface area (Å²) in [5.41, 5.74) is 1.12. The molecule has 0 saturated carbocycles. The van der Waals surface area contributed by atoms with Crippen LogP contribution in [-0.4, -0.2) is 11.8 Å². The third-order valence-electron chi connectivity index (χ3n) is 3.77. The van der Waals surface area contributed by atoms with E-state index in [4.69, 9.17) is 9.47 Å². The first-order chi connectivity index (χ1) is 11.7. The first-order valence-corrected chi connectivity index (χ1v) is 7.35. The highest BCUT2D eigenvalue weighted by molar-refractivity contribution is 5.78. The summed E-state index contributed by atoms with van der Waals surface area (Å²) < 4.78 is 10.6. The van der Waals surface area contributed by atoms with Crippen LogP contribution in [0.25, 0.3) is 0 Å². The number of pyridine rings is 1. The van der Waals surface area contributed by atoms with Crippen LogP contribution in [0.15, 0.2) is 52.3 Å². The summed E-state index contributed by atoms with van der Waals surface area (Å²) >= 11 is 0. The van der Waals surface area contributed by atoms with E-state index in [2.05, 4.69) is 15.6 Å². The summed E-state index contributed by atoms with van der Waals surface area (Å²) in [6.45, 7) is 0.608. The number of fused-ring (bicyclic) bond motifs is 1. The van der Waals surface area contributed by atoms with Gasteiger partial charge < -0.3 is 20.1 Å². The molecule has 0 saturated heterocycles. The van der Waals surface area contributed by atoms with Crippen molar-refractivity contribution < 1.29 is 9.47 Å². The normalized spacial score (nSPS) is 12.3. The van der Waals surface area contributed by atoms with Gasteiger partial charge in [-0.2, -0.15) is 0 Å². The van der Waals surface area contributed by atoms with Gasteiger partial charge in [0.1, 0.15) is 11.4 Å². The minimum Gasteiger partial charge on any atom is -0.454 e. The number of benzene rings is 1. The lowest BCUT2D eigenvalue weighted by Crippen LogP contribution is -2.36. The highest BCUT2D eigenvalue weighted by Crippen LogP contribution is 2.32. The summed E-state index contributed by atoms with van der Waals surface area (Å²) in [7, 11) is 0. The summed E-state index contributed by atoms with van der Waals surface area (Å²) in [5, 5.41) is 5.96. The molecule has 1 aromatic heterocycles. The maximum Gasteiger partial charge on any atom is 0.253 e. The van der Waals surface area contributed by atoms with E-state index in [0.29, 0.717) is 23.7 Å². The molecule has 0 spiro atoms. The minimum atomic E-state index is -0.528. The first kappa shape index (κ1) is 14.3. The minimum absolute atomic E-state index is 0.213. The smallest absolute Gasteiger partial charge is 0.253 e. The van der Waals surface area contributed by atoms with Crippen molar-refractivity contribution in [3.05, 3.63) is 68.7 Å². The van der Waals surface area contributed by atoms with Crippen molar-refractivity contribution >= 4 is 17.1 Å². The Morgan fingerprint density at radius 3 is 2.54 bits per heavy atom. The fourth-order valence-electron chi connectivity index (χ4n) is 2.50. The molecule has 0 aliphatic carbocycles. The summed E-state index contributed by atoms with van der Waals surface area (Å²) in [5.74, 6) is 1.38. The molecule has 0 atom stereocenters. The van der Waals surface area contributed by atoms with Crippen molar-refractivity contribution in [2.24, 2.45) is 0 Å². The average molecular weight is 323 g/mol. The molecule has 0 bridgehead atoms. The Bertz CT molecular complexity index is 962. The second-order valence-corrected chi connectivity index (χ2v) is 5.31. The monoisotopic (exact) mass is 323 g/mol. The number of rotatable bonds is 5. The first-order valence-electron chi connectivity index (χ1n) is 7.35. The van der Waals surface area contributed by atoms with E-state index < -0.39 is 10.9 Å². The van der Waals surface area contributed by atoms with Crippen LogP contribution in [0.3, 0.4) is 0 Å². The van der Waals surface area contributed by atoms with E-state index in [1.165, 1.54) is 0 Å². The Balaban J connectivity index is 1.50. The Morgan fingerprint density at radius 2 is 1.71 bits per heavy atom. The predicted octanol–water partition coefficient (Wildman–Crippen LogP) is 1.76. The fraction of sp³-hybridized carbons (Fsp3) is 0.118. The lowest BCUT2D eigenvalue weighted by molar-refractivity contribution is 0.174. The number of nitrogens with one attached hydrogen (secondary N) is 2. The fourth-order valence-corrected chi connectivity index (χ4v) is 2.50. The second-order valence-electron chi connectivity index (χ2n) is 5.31. The SMILES string of the molecule is O=c1c(NCc2ccc3c(c2)OCO3)c(Nc2ccncc2)c1=O. The van der Waals surface area contributed by atoms with Gasteiger partial charge in [0, 0.05) is 24.6 Å². The van der Waals surface area contributed by atoms with Crippen molar-refractivity contribution in [3.8, 4) is 11.5 Å². The van der Waals surface area contributed by atoms with Gasteiger partial charge in [-0.05, 0) is 29.8 Å². The van der Waals surface area contributed by atoms with Gasteiger partial charge in [0.05, 0.1) is 0 Å². The third kappa shape index (κ3) is 2.45. The quantitative estimate of drug-likeness (QED) is 0.692. The van der Waals surface area contributed by atoms with E-state index in [-0.39, 0.29) is 18.2 Å². The molecule has 0 fully saturated rings. The van der Waals surface area contributed by atoms with Gasteiger partial charge in [0.15, 0.2) is 11.5 Å². The number of nitrogens with zero attached hydrogens (tertiary/aromatic N) is 1. The van der Waals surface area contributed by atoms with E-state index in [9.17, 15) is 9.59 Å². The molecule has 120 valence electrons. The second kappa shape index (κ2) is 5.69. The van der Waals surface area contributed by atoms with Crippen LogP contribution in [0, 0.1) is 0 Å². The van der Waals surface area contributed by atoms with Crippen LogP contribution in [0.4, 0.5) is 17.1 Å². The van der Waals surface area contributed by atoms with Crippen LogP contribution < -0.4 is 31.0 Å². The summed E-state index contributed by atoms with van der Waals surface area (Å²) in [4.78, 5) is 27.5. The maximum absolute atomic E-state index is 11.8.